The molecule has 2 rings (SSSR count). The summed E-state index contributed by atoms with van der Waals surface area (Å²) in [6.07, 6.45) is 1.76. The van der Waals surface area contributed by atoms with Gasteiger partial charge in [-0.1, -0.05) is 0 Å². The largest absolute Gasteiger partial charge is 0.365 e. The Balaban J connectivity index is 2.15. The maximum absolute atomic E-state index is 10.8. The standard InChI is InChI=1S/C10H12N6O2S/c1-6-12-4-8(19-6)5-13-9-2-7(16(17)18)3-10(14-9)15-11/h2-4H,5,11H2,1H3,(H2,13,14,15). The van der Waals surface area contributed by atoms with Crippen molar-refractivity contribution in [3.05, 3.63) is 38.3 Å². The van der Waals surface area contributed by atoms with Crippen molar-refractivity contribution in [1.29, 1.82) is 0 Å². The van der Waals surface area contributed by atoms with Gasteiger partial charge in [0.05, 0.1) is 28.6 Å². The molecule has 0 spiro atoms. The Hall–Kier alpha value is -2.26. The lowest BCUT2D eigenvalue weighted by molar-refractivity contribution is -0.384. The van der Waals surface area contributed by atoms with E-state index in [1.165, 1.54) is 12.1 Å². The minimum absolute atomic E-state index is 0.0778. The summed E-state index contributed by atoms with van der Waals surface area (Å²) in [5, 5.41) is 14.7. The lowest BCUT2D eigenvalue weighted by Crippen LogP contribution is -2.10. The van der Waals surface area contributed by atoms with Crippen LogP contribution in [0.15, 0.2) is 18.3 Å². The predicted octanol–water partition coefficient (Wildman–Crippen LogP) is 1.65. The second kappa shape index (κ2) is 5.59. The zero-order valence-corrected chi connectivity index (χ0v) is 10.9. The van der Waals surface area contributed by atoms with Gasteiger partial charge < -0.3 is 10.7 Å². The molecule has 0 saturated carbocycles. The van der Waals surface area contributed by atoms with E-state index >= 15 is 0 Å². The van der Waals surface area contributed by atoms with Crippen molar-refractivity contribution in [2.45, 2.75) is 13.5 Å². The minimum atomic E-state index is -0.495. The van der Waals surface area contributed by atoms with Crippen LogP contribution in [0.1, 0.15) is 9.88 Å². The monoisotopic (exact) mass is 280 g/mol. The van der Waals surface area contributed by atoms with E-state index in [1.807, 2.05) is 6.92 Å². The van der Waals surface area contributed by atoms with Gasteiger partial charge in [0.2, 0.25) is 0 Å². The van der Waals surface area contributed by atoms with Gasteiger partial charge in [0.1, 0.15) is 11.6 Å². The Morgan fingerprint density at radius 3 is 2.79 bits per heavy atom. The zero-order valence-electron chi connectivity index (χ0n) is 10.1. The molecule has 2 aromatic rings. The highest BCUT2D eigenvalue weighted by atomic mass is 32.1. The Labute approximate surface area is 112 Å². The average molecular weight is 280 g/mol. The Kier molecular flexibility index (Phi) is 3.88. The fraction of sp³-hybridized carbons (Fsp3) is 0.200. The SMILES string of the molecule is Cc1ncc(CNc2cc([N+](=O)[O-])cc(NN)n2)s1. The maximum atomic E-state index is 10.8. The van der Waals surface area contributed by atoms with Crippen LogP contribution in [0.5, 0.6) is 0 Å². The van der Waals surface area contributed by atoms with E-state index in [4.69, 9.17) is 5.84 Å². The van der Waals surface area contributed by atoms with Gasteiger partial charge in [0.25, 0.3) is 5.69 Å². The Bertz CT molecular complexity index is 599. The first-order valence-electron chi connectivity index (χ1n) is 5.37. The molecule has 2 aromatic heterocycles. The molecule has 0 aromatic carbocycles. The molecule has 0 aliphatic carbocycles. The van der Waals surface area contributed by atoms with Gasteiger partial charge >= 0.3 is 0 Å². The number of thiazole rings is 1. The molecule has 0 atom stereocenters. The summed E-state index contributed by atoms with van der Waals surface area (Å²) in [4.78, 5) is 19.5. The van der Waals surface area contributed by atoms with Crippen LogP contribution >= 0.6 is 11.3 Å². The highest BCUT2D eigenvalue weighted by Gasteiger charge is 2.10. The molecule has 0 unspecified atom stereocenters. The molecule has 0 amide bonds. The fourth-order valence-corrected chi connectivity index (χ4v) is 2.19. The van der Waals surface area contributed by atoms with Crippen molar-refractivity contribution in [1.82, 2.24) is 9.97 Å². The number of pyridine rings is 1. The topological polar surface area (TPSA) is 119 Å². The summed E-state index contributed by atoms with van der Waals surface area (Å²) in [5.41, 5.74) is 2.22. The molecule has 4 N–H and O–H groups in total. The van der Waals surface area contributed by atoms with E-state index in [0.717, 1.165) is 9.88 Å². The van der Waals surface area contributed by atoms with Crippen molar-refractivity contribution in [3.8, 4) is 0 Å². The molecule has 9 heteroatoms. The quantitative estimate of drug-likeness (QED) is 0.433. The second-order valence-electron chi connectivity index (χ2n) is 3.70. The van der Waals surface area contributed by atoms with Crippen LogP contribution in [0, 0.1) is 17.0 Å². The number of hydrazine groups is 1. The molecular weight excluding hydrogens is 268 g/mol. The number of nitrogens with two attached hydrogens (primary N) is 1. The Morgan fingerprint density at radius 1 is 1.47 bits per heavy atom. The van der Waals surface area contributed by atoms with E-state index in [9.17, 15) is 10.1 Å². The number of nitro groups is 1. The molecule has 100 valence electrons. The number of nitrogens with one attached hydrogen (secondary N) is 2. The molecule has 19 heavy (non-hydrogen) atoms. The Morgan fingerprint density at radius 2 is 2.21 bits per heavy atom. The van der Waals surface area contributed by atoms with Gasteiger partial charge in [-0.05, 0) is 6.92 Å². The number of hydrogen-bond donors (Lipinski definition) is 3. The smallest absolute Gasteiger partial charge is 0.276 e. The first-order valence-corrected chi connectivity index (χ1v) is 6.18. The van der Waals surface area contributed by atoms with Gasteiger partial charge in [0.15, 0.2) is 0 Å². The molecule has 0 saturated heterocycles. The first-order chi connectivity index (χ1) is 9.08. The summed E-state index contributed by atoms with van der Waals surface area (Å²) in [7, 11) is 0. The number of nitrogen functional groups attached to an aromatic ring is 1. The summed E-state index contributed by atoms with van der Waals surface area (Å²) in [6, 6.07) is 2.62. The van der Waals surface area contributed by atoms with E-state index in [0.29, 0.717) is 12.4 Å². The predicted molar refractivity (Wildman–Crippen MR) is 72.9 cm³/mol. The number of aromatic nitrogens is 2. The number of nitrogens with zero attached hydrogens (tertiary/aromatic N) is 3. The van der Waals surface area contributed by atoms with Gasteiger partial charge in [-0.25, -0.2) is 15.8 Å². The van der Waals surface area contributed by atoms with E-state index in [1.54, 1.807) is 17.5 Å². The van der Waals surface area contributed by atoms with Crippen molar-refractivity contribution in [2.75, 3.05) is 10.7 Å². The molecule has 0 aliphatic rings. The molecular formula is C10H12N6O2S. The van der Waals surface area contributed by atoms with Gasteiger partial charge in [-0.3, -0.25) is 10.1 Å². The third kappa shape index (κ3) is 3.36. The third-order valence-corrected chi connectivity index (χ3v) is 3.19. The van der Waals surface area contributed by atoms with Crippen LogP contribution in [0.2, 0.25) is 0 Å². The number of rotatable bonds is 5. The van der Waals surface area contributed by atoms with Crippen LogP contribution in [0.4, 0.5) is 17.3 Å². The van der Waals surface area contributed by atoms with Crippen molar-refractivity contribution >= 4 is 28.7 Å². The van der Waals surface area contributed by atoms with Crippen LogP contribution in [0.3, 0.4) is 0 Å². The second-order valence-corrected chi connectivity index (χ2v) is 5.02. The summed E-state index contributed by atoms with van der Waals surface area (Å²) < 4.78 is 0. The first kappa shape index (κ1) is 13.2. The van der Waals surface area contributed by atoms with E-state index in [-0.39, 0.29) is 11.5 Å². The van der Waals surface area contributed by atoms with Crippen LogP contribution in [-0.2, 0) is 6.54 Å². The van der Waals surface area contributed by atoms with Crippen molar-refractivity contribution < 1.29 is 4.92 Å². The molecule has 0 radical (unpaired) electrons. The zero-order chi connectivity index (χ0) is 13.8. The lowest BCUT2D eigenvalue weighted by atomic mass is 10.3. The maximum Gasteiger partial charge on any atom is 0.276 e. The number of aryl methyl sites for hydroxylation is 1. The van der Waals surface area contributed by atoms with Crippen molar-refractivity contribution in [2.24, 2.45) is 5.84 Å². The van der Waals surface area contributed by atoms with Gasteiger partial charge in [-0.15, -0.1) is 11.3 Å². The normalized spacial score (nSPS) is 10.2. The molecule has 8 nitrogen and oxygen atoms in total. The van der Waals surface area contributed by atoms with Gasteiger partial charge in [-0.2, -0.15) is 0 Å². The summed E-state index contributed by atoms with van der Waals surface area (Å²) >= 11 is 1.55. The van der Waals surface area contributed by atoms with Gasteiger partial charge in [0, 0.05) is 11.1 Å². The highest BCUT2D eigenvalue weighted by Crippen LogP contribution is 2.21. The average Bonchev–Trinajstić information content (AvgIpc) is 2.81. The molecule has 2 heterocycles. The van der Waals surface area contributed by atoms with Crippen LogP contribution in [-0.4, -0.2) is 14.9 Å². The van der Waals surface area contributed by atoms with E-state index in [2.05, 4.69) is 20.7 Å². The number of anilines is 2. The minimum Gasteiger partial charge on any atom is -0.365 e. The van der Waals surface area contributed by atoms with Crippen LogP contribution < -0.4 is 16.6 Å². The lowest BCUT2D eigenvalue weighted by Gasteiger charge is -2.06. The third-order valence-electron chi connectivity index (χ3n) is 2.28. The summed E-state index contributed by atoms with van der Waals surface area (Å²) in [6.45, 7) is 2.42. The number of hydrogen-bond acceptors (Lipinski definition) is 8. The van der Waals surface area contributed by atoms with Crippen molar-refractivity contribution in [3.63, 3.8) is 0 Å². The molecule has 0 aliphatic heterocycles. The van der Waals surface area contributed by atoms with E-state index < -0.39 is 4.92 Å². The fourth-order valence-electron chi connectivity index (χ4n) is 1.45. The van der Waals surface area contributed by atoms with Crippen LogP contribution in [0.25, 0.3) is 0 Å². The molecule has 0 fully saturated rings. The highest BCUT2D eigenvalue weighted by molar-refractivity contribution is 7.11. The molecule has 0 bridgehead atoms. The summed E-state index contributed by atoms with van der Waals surface area (Å²) in [5.74, 6) is 5.84.